The minimum Gasteiger partial charge on any atom is -0.479 e. The Bertz CT molecular complexity index is 998. The molecule has 1 atom stereocenters. The van der Waals surface area contributed by atoms with Crippen LogP contribution in [0.2, 0.25) is 0 Å². The number of carboxylic acids is 1. The zero-order valence-corrected chi connectivity index (χ0v) is 16.7. The van der Waals surface area contributed by atoms with Gasteiger partial charge >= 0.3 is 5.97 Å². The summed E-state index contributed by atoms with van der Waals surface area (Å²) in [4.78, 5) is 39.5. The number of carboxylic acid groups (broad SMARTS) is 1. The quantitative estimate of drug-likeness (QED) is 0.368. The van der Waals surface area contributed by atoms with E-state index < -0.39 is 12.0 Å². The molecule has 1 unspecified atom stereocenters. The van der Waals surface area contributed by atoms with Crippen LogP contribution in [-0.4, -0.2) is 47.2 Å². The third-order valence-corrected chi connectivity index (χ3v) is 5.27. The summed E-state index contributed by atoms with van der Waals surface area (Å²) < 4.78 is 0. The van der Waals surface area contributed by atoms with Crippen LogP contribution in [0.4, 0.5) is 5.69 Å². The highest BCUT2D eigenvalue weighted by Crippen LogP contribution is 2.29. The Hall–Kier alpha value is -3.68. The highest BCUT2D eigenvalue weighted by atomic mass is 16.4. The summed E-state index contributed by atoms with van der Waals surface area (Å²) >= 11 is 0. The molecule has 0 aromatic heterocycles. The Kier molecular flexibility index (Phi) is 6.15. The predicted molar refractivity (Wildman–Crippen MR) is 113 cm³/mol. The maximum absolute atomic E-state index is 12.7. The van der Waals surface area contributed by atoms with Gasteiger partial charge in [-0.3, -0.25) is 19.9 Å². The van der Waals surface area contributed by atoms with E-state index in [1.165, 1.54) is 6.07 Å². The van der Waals surface area contributed by atoms with Gasteiger partial charge in [-0.1, -0.05) is 18.2 Å². The fraction of sp³-hybridized carbons (Fsp3) is 0.273. The average molecular weight is 408 g/mol. The molecule has 3 rings (SSSR count). The monoisotopic (exact) mass is 408 g/mol. The predicted octanol–water partition coefficient (Wildman–Crippen LogP) is 2.30. The number of aryl methyl sites for hydroxylation is 1. The van der Waals surface area contributed by atoms with E-state index in [0.717, 1.165) is 30.8 Å². The number of hydrogen-bond acceptors (Lipinski definition) is 4. The Morgan fingerprint density at radius 3 is 2.47 bits per heavy atom. The van der Waals surface area contributed by atoms with Crippen LogP contribution >= 0.6 is 0 Å². The Balaban J connectivity index is 1.96. The molecule has 0 bridgehead atoms. The normalized spacial score (nSPS) is 14.2. The van der Waals surface area contributed by atoms with E-state index in [2.05, 4.69) is 0 Å². The summed E-state index contributed by atoms with van der Waals surface area (Å²) in [7, 11) is 0. The number of carbonyl (C=O) groups excluding carboxylic acids is 2. The molecule has 4 N–H and O–H groups in total. The van der Waals surface area contributed by atoms with Crippen LogP contribution in [0.25, 0.3) is 0 Å². The molecule has 0 aliphatic carbocycles. The molecule has 0 radical (unpaired) electrons. The van der Waals surface area contributed by atoms with Crippen molar-refractivity contribution in [1.29, 1.82) is 5.41 Å². The molecular formula is C22H24N4O4. The second-order valence-corrected chi connectivity index (χ2v) is 7.29. The fourth-order valence-corrected chi connectivity index (χ4v) is 3.71. The van der Waals surface area contributed by atoms with E-state index in [-0.39, 0.29) is 11.7 Å². The molecule has 2 amide bonds. The van der Waals surface area contributed by atoms with E-state index in [0.29, 0.717) is 34.4 Å². The van der Waals surface area contributed by atoms with Crippen molar-refractivity contribution in [3.8, 4) is 0 Å². The second-order valence-electron chi connectivity index (χ2n) is 7.29. The minimum absolute atomic E-state index is 0.0573. The van der Waals surface area contributed by atoms with E-state index in [1.54, 1.807) is 48.2 Å². The van der Waals surface area contributed by atoms with Gasteiger partial charge < -0.3 is 15.7 Å². The molecule has 2 aromatic carbocycles. The molecule has 0 saturated carbocycles. The number of amidine groups is 1. The number of aliphatic carboxylic acids is 1. The lowest BCUT2D eigenvalue weighted by Gasteiger charge is -2.26. The van der Waals surface area contributed by atoms with Crippen LogP contribution in [-0.2, 0) is 9.59 Å². The van der Waals surface area contributed by atoms with Gasteiger partial charge in [-0.2, -0.15) is 0 Å². The zero-order chi connectivity index (χ0) is 21.8. The van der Waals surface area contributed by atoms with Gasteiger partial charge in [0.1, 0.15) is 5.84 Å². The second kappa shape index (κ2) is 8.77. The highest BCUT2D eigenvalue weighted by molar-refractivity contribution is 5.98. The topological polar surface area (TPSA) is 128 Å². The first-order chi connectivity index (χ1) is 14.3. The van der Waals surface area contributed by atoms with Gasteiger partial charge in [0.05, 0.1) is 0 Å². The van der Waals surface area contributed by atoms with Gasteiger partial charge in [0.25, 0.3) is 5.91 Å². The summed E-state index contributed by atoms with van der Waals surface area (Å²) in [6.45, 7) is 3.23. The van der Waals surface area contributed by atoms with Gasteiger partial charge in [-0.25, -0.2) is 4.79 Å². The van der Waals surface area contributed by atoms with E-state index in [1.807, 2.05) is 0 Å². The van der Waals surface area contributed by atoms with Gasteiger partial charge in [0, 0.05) is 29.9 Å². The van der Waals surface area contributed by atoms with Crippen molar-refractivity contribution in [1.82, 2.24) is 4.90 Å². The first kappa shape index (κ1) is 21.0. The SMILES string of the molecule is Cc1cc(N(C=O)C(C(=O)O)c2cccc(C(=N)N)c2)ccc1C(=O)N1CCCC1. The molecule has 0 spiro atoms. The molecule has 8 nitrogen and oxygen atoms in total. The standard InChI is InChI=1S/C22H24N4O4/c1-14-11-17(7-8-18(14)21(28)25-9-2-3-10-25)26(13-27)19(22(29)30)15-5-4-6-16(12-15)20(23)24/h4-8,11-13,19H,2-3,9-10H2,1H3,(H3,23,24)(H,29,30). The molecule has 1 aliphatic heterocycles. The number of rotatable bonds is 7. The number of nitrogens with zero attached hydrogens (tertiary/aromatic N) is 2. The van der Waals surface area contributed by atoms with Crippen molar-refractivity contribution < 1.29 is 19.5 Å². The van der Waals surface area contributed by atoms with Crippen molar-refractivity contribution in [3.63, 3.8) is 0 Å². The first-order valence-electron chi connectivity index (χ1n) is 9.64. The molecular weight excluding hydrogens is 384 g/mol. The van der Waals surface area contributed by atoms with E-state index in [9.17, 15) is 19.5 Å². The smallest absolute Gasteiger partial charge is 0.331 e. The number of nitrogen functional groups attached to an aromatic ring is 1. The highest BCUT2D eigenvalue weighted by Gasteiger charge is 2.29. The van der Waals surface area contributed by atoms with E-state index >= 15 is 0 Å². The van der Waals surface area contributed by atoms with Crippen LogP contribution < -0.4 is 10.6 Å². The number of amides is 2. The summed E-state index contributed by atoms with van der Waals surface area (Å²) in [6.07, 6.45) is 2.43. The summed E-state index contributed by atoms with van der Waals surface area (Å²) in [5.41, 5.74) is 7.76. The number of hydrogen-bond donors (Lipinski definition) is 3. The molecule has 2 aromatic rings. The molecule has 1 aliphatic rings. The summed E-state index contributed by atoms with van der Waals surface area (Å²) in [5.74, 6) is -1.48. The Morgan fingerprint density at radius 2 is 1.90 bits per heavy atom. The van der Waals surface area contributed by atoms with Gasteiger partial charge in [0.2, 0.25) is 6.41 Å². The average Bonchev–Trinajstić information content (AvgIpc) is 3.26. The number of likely N-dealkylation sites (tertiary alicyclic amines) is 1. The number of benzene rings is 2. The lowest BCUT2D eigenvalue weighted by atomic mass is 10.0. The lowest BCUT2D eigenvalue weighted by molar-refractivity contribution is -0.139. The van der Waals surface area contributed by atoms with Gasteiger partial charge in [0.15, 0.2) is 6.04 Å². The van der Waals surface area contributed by atoms with Crippen molar-refractivity contribution in [2.75, 3.05) is 18.0 Å². The molecule has 156 valence electrons. The summed E-state index contributed by atoms with van der Waals surface area (Å²) in [5, 5.41) is 17.4. The molecule has 30 heavy (non-hydrogen) atoms. The molecule has 1 heterocycles. The van der Waals surface area contributed by atoms with Crippen LogP contribution in [0.15, 0.2) is 42.5 Å². The molecule has 8 heteroatoms. The van der Waals surface area contributed by atoms with Crippen molar-refractivity contribution in [2.45, 2.75) is 25.8 Å². The Morgan fingerprint density at radius 1 is 1.20 bits per heavy atom. The van der Waals surface area contributed by atoms with Crippen LogP contribution in [0.1, 0.15) is 45.9 Å². The fourth-order valence-electron chi connectivity index (χ4n) is 3.71. The molecule has 1 saturated heterocycles. The Labute approximate surface area is 174 Å². The summed E-state index contributed by atoms with van der Waals surface area (Å²) in [6, 6.07) is 9.79. The van der Waals surface area contributed by atoms with Crippen molar-refractivity contribution in [3.05, 3.63) is 64.7 Å². The number of nitrogens with one attached hydrogen (secondary N) is 1. The minimum atomic E-state index is -1.30. The van der Waals surface area contributed by atoms with Gasteiger partial charge in [-0.05, 0) is 55.2 Å². The van der Waals surface area contributed by atoms with Crippen molar-refractivity contribution >= 4 is 29.8 Å². The van der Waals surface area contributed by atoms with Crippen LogP contribution in [0, 0.1) is 12.3 Å². The first-order valence-corrected chi connectivity index (χ1v) is 9.64. The maximum atomic E-state index is 12.7. The van der Waals surface area contributed by atoms with Gasteiger partial charge in [-0.15, -0.1) is 0 Å². The van der Waals surface area contributed by atoms with Crippen molar-refractivity contribution in [2.24, 2.45) is 5.73 Å². The van der Waals surface area contributed by atoms with Crippen LogP contribution in [0.3, 0.4) is 0 Å². The zero-order valence-electron chi connectivity index (χ0n) is 16.7. The number of anilines is 1. The van der Waals surface area contributed by atoms with E-state index in [4.69, 9.17) is 11.1 Å². The third-order valence-electron chi connectivity index (χ3n) is 5.27. The number of carbonyl (C=O) groups is 3. The lowest BCUT2D eigenvalue weighted by Crippen LogP contribution is -2.33. The third kappa shape index (κ3) is 4.17. The largest absolute Gasteiger partial charge is 0.479 e. The van der Waals surface area contributed by atoms with Crippen LogP contribution in [0.5, 0.6) is 0 Å². The maximum Gasteiger partial charge on any atom is 0.331 e. The number of nitrogens with two attached hydrogens (primary N) is 1. The molecule has 1 fully saturated rings.